The van der Waals surface area contributed by atoms with Crippen LogP contribution in [0.1, 0.15) is 51.4 Å². The van der Waals surface area contributed by atoms with Gasteiger partial charge < -0.3 is 28.4 Å². The fraction of sp³-hybridized carbons (Fsp3) is 0.519. The van der Waals surface area contributed by atoms with E-state index < -0.39 is 54.6 Å². The fourth-order valence-electron chi connectivity index (χ4n) is 4.20. The first kappa shape index (κ1) is 31.0. The summed E-state index contributed by atoms with van der Waals surface area (Å²) in [7, 11) is 0. The molecule has 0 spiro atoms. The van der Waals surface area contributed by atoms with Crippen LogP contribution < -0.4 is 4.74 Å². The lowest BCUT2D eigenvalue weighted by Crippen LogP contribution is -2.63. The molecule has 0 bridgehead atoms. The Hall–Kier alpha value is -3.58. The summed E-state index contributed by atoms with van der Waals surface area (Å²) in [4.78, 5) is 48.8. The molecule has 2 heterocycles. The van der Waals surface area contributed by atoms with Gasteiger partial charge in [-0.1, -0.05) is 19.1 Å². The summed E-state index contributed by atoms with van der Waals surface area (Å²) in [5.41, 5.74) is 2.48. The highest BCUT2D eigenvalue weighted by Gasteiger charge is 2.53. The van der Waals surface area contributed by atoms with Crippen molar-refractivity contribution in [2.24, 2.45) is 0 Å². The van der Waals surface area contributed by atoms with Gasteiger partial charge in [-0.3, -0.25) is 24.3 Å². The zero-order chi connectivity index (χ0) is 29.4. The van der Waals surface area contributed by atoms with Crippen LogP contribution in [-0.4, -0.2) is 77.1 Å². The van der Waals surface area contributed by atoms with Gasteiger partial charge in [0.05, 0.1) is 0 Å². The van der Waals surface area contributed by atoms with E-state index in [0.717, 1.165) is 48.2 Å². The van der Waals surface area contributed by atoms with Crippen LogP contribution in [-0.2, 0) is 49.3 Å². The van der Waals surface area contributed by atoms with Gasteiger partial charge in [0, 0.05) is 50.3 Å². The minimum Gasteiger partial charge on any atom is -0.463 e. The molecule has 1 aromatic carbocycles. The average Bonchev–Trinajstić information content (AvgIpc) is 3.20. The molecule has 1 N–H and O–H groups in total. The molecule has 3 rings (SSSR count). The Morgan fingerprint density at radius 1 is 0.900 bits per heavy atom. The number of aromatic nitrogens is 2. The van der Waals surface area contributed by atoms with E-state index in [2.05, 4.69) is 17.1 Å². The maximum Gasteiger partial charge on any atom is 0.303 e. The Morgan fingerprint density at radius 3 is 2.08 bits per heavy atom. The van der Waals surface area contributed by atoms with Crippen molar-refractivity contribution < 1.29 is 47.6 Å². The molecular formula is C27H34N2O10S. The van der Waals surface area contributed by atoms with Crippen molar-refractivity contribution in [2.45, 2.75) is 83.6 Å². The number of hydrogen-bond acceptors (Lipinski definition) is 12. The van der Waals surface area contributed by atoms with Crippen LogP contribution in [0.5, 0.6) is 5.88 Å². The van der Waals surface area contributed by atoms with E-state index in [1.807, 2.05) is 31.2 Å². The van der Waals surface area contributed by atoms with E-state index in [4.69, 9.17) is 28.4 Å². The van der Waals surface area contributed by atoms with E-state index in [0.29, 0.717) is 6.42 Å². The number of carbonyl (C=O) groups excluding carboxylic acids is 4. The quantitative estimate of drug-likeness (QED) is 0.237. The number of rotatable bonds is 11. The second-order valence-corrected chi connectivity index (χ2v) is 10.4. The van der Waals surface area contributed by atoms with E-state index >= 15 is 0 Å². The van der Waals surface area contributed by atoms with Crippen molar-refractivity contribution in [1.82, 2.24) is 10.2 Å². The maximum absolute atomic E-state index is 12.1. The molecule has 12 nitrogen and oxygen atoms in total. The lowest BCUT2D eigenvalue weighted by Gasteiger charge is -2.43. The Bertz CT molecular complexity index is 1200. The van der Waals surface area contributed by atoms with Crippen molar-refractivity contribution >= 4 is 35.6 Å². The van der Waals surface area contributed by atoms with Crippen molar-refractivity contribution in [3.05, 3.63) is 41.1 Å². The van der Waals surface area contributed by atoms with Crippen LogP contribution >= 0.6 is 11.8 Å². The van der Waals surface area contributed by atoms with E-state index in [9.17, 15) is 19.2 Å². The summed E-state index contributed by atoms with van der Waals surface area (Å²) in [6.07, 6.45) is -5.98. The molecule has 1 saturated heterocycles. The standard InChI is InChI=1S/C27H34N2O10S/c1-7-40-20-10-8-19(9-11-20)12-21-14(2)28-29-26(21)39-27-25(37-18(6)33)24(36-17(5)32)23(35-16(4)31)22(38-27)13-34-15(3)30/h8-11,22-25,27H,7,12-13H2,1-6H3,(H,28,29)/t22-,23-,24+,25-,27?/m1/s1. The summed E-state index contributed by atoms with van der Waals surface area (Å²) in [5, 5.41) is 7.17. The number of thioether (sulfide) groups is 1. The largest absolute Gasteiger partial charge is 0.463 e. The molecular weight excluding hydrogens is 544 g/mol. The van der Waals surface area contributed by atoms with Gasteiger partial charge in [0.25, 0.3) is 0 Å². The Kier molecular flexibility index (Phi) is 11.0. The predicted octanol–water partition coefficient (Wildman–Crippen LogP) is 2.88. The molecule has 0 aliphatic carbocycles. The first-order chi connectivity index (χ1) is 19.0. The minimum atomic E-state index is -1.37. The maximum atomic E-state index is 12.1. The average molecular weight is 579 g/mol. The SMILES string of the molecule is CCSc1ccc(Cc2c(OC3O[C@H](COC(C)=O)[C@@H](OC(C)=O)[C@H](OC(C)=O)[C@H]3OC(C)=O)n[nH]c2C)cc1. The van der Waals surface area contributed by atoms with Crippen molar-refractivity contribution in [3.63, 3.8) is 0 Å². The normalized spacial score (nSPS) is 22.2. The third kappa shape index (κ3) is 8.46. The molecule has 0 radical (unpaired) electrons. The van der Waals surface area contributed by atoms with Gasteiger partial charge in [-0.25, -0.2) is 0 Å². The number of H-pyrrole nitrogens is 1. The molecule has 40 heavy (non-hydrogen) atoms. The molecule has 1 fully saturated rings. The van der Waals surface area contributed by atoms with Gasteiger partial charge in [0.15, 0.2) is 12.2 Å². The number of benzene rings is 1. The first-order valence-corrected chi connectivity index (χ1v) is 13.7. The summed E-state index contributed by atoms with van der Waals surface area (Å²) < 4.78 is 33.6. The molecule has 1 aromatic heterocycles. The number of aromatic amines is 1. The van der Waals surface area contributed by atoms with Gasteiger partial charge in [-0.05, 0) is 30.4 Å². The molecule has 5 atom stereocenters. The van der Waals surface area contributed by atoms with Crippen LogP contribution in [0.25, 0.3) is 0 Å². The predicted molar refractivity (Wildman–Crippen MR) is 142 cm³/mol. The van der Waals surface area contributed by atoms with Crippen LogP contribution in [0.4, 0.5) is 0 Å². The third-order valence-corrected chi connectivity index (χ3v) is 6.72. The molecule has 1 unspecified atom stereocenters. The summed E-state index contributed by atoms with van der Waals surface area (Å²) in [6.45, 7) is 8.25. The van der Waals surface area contributed by atoms with Crippen molar-refractivity contribution in [3.8, 4) is 5.88 Å². The molecule has 0 saturated carbocycles. The second kappa shape index (κ2) is 14.2. The Morgan fingerprint density at radius 2 is 1.50 bits per heavy atom. The van der Waals surface area contributed by atoms with E-state index in [1.165, 1.54) is 6.92 Å². The van der Waals surface area contributed by atoms with Crippen molar-refractivity contribution in [1.29, 1.82) is 0 Å². The molecule has 2 aromatic rings. The van der Waals surface area contributed by atoms with E-state index in [1.54, 1.807) is 11.8 Å². The third-order valence-electron chi connectivity index (χ3n) is 5.83. The van der Waals surface area contributed by atoms with Crippen LogP contribution in [0, 0.1) is 6.92 Å². The minimum absolute atomic E-state index is 0.172. The van der Waals surface area contributed by atoms with Crippen LogP contribution in [0.2, 0.25) is 0 Å². The van der Waals surface area contributed by atoms with E-state index in [-0.39, 0.29) is 12.5 Å². The number of nitrogens with one attached hydrogen (secondary N) is 1. The highest BCUT2D eigenvalue weighted by atomic mass is 32.2. The Labute approximate surface area is 236 Å². The van der Waals surface area contributed by atoms with Gasteiger partial charge in [0.2, 0.25) is 18.3 Å². The molecule has 1 aliphatic rings. The fourth-order valence-corrected chi connectivity index (χ4v) is 4.87. The lowest BCUT2D eigenvalue weighted by molar-refractivity contribution is -0.289. The number of carbonyl (C=O) groups is 4. The van der Waals surface area contributed by atoms with Gasteiger partial charge in [0.1, 0.15) is 12.7 Å². The number of esters is 4. The van der Waals surface area contributed by atoms with Gasteiger partial charge in [-0.15, -0.1) is 16.9 Å². The number of hydrogen-bond donors (Lipinski definition) is 1. The summed E-state index contributed by atoms with van der Waals surface area (Å²) >= 11 is 1.74. The number of ether oxygens (including phenoxy) is 6. The molecule has 13 heteroatoms. The van der Waals surface area contributed by atoms with Crippen molar-refractivity contribution in [2.75, 3.05) is 12.4 Å². The monoisotopic (exact) mass is 578 g/mol. The number of nitrogens with zero attached hydrogens (tertiary/aromatic N) is 1. The lowest BCUT2D eigenvalue weighted by atomic mass is 9.98. The smallest absolute Gasteiger partial charge is 0.303 e. The first-order valence-electron chi connectivity index (χ1n) is 12.7. The topological polar surface area (TPSA) is 152 Å². The highest BCUT2D eigenvalue weighted by molar-refractivity contribution is 7.99. The van der Waals surface area contributed by atoms with Crippen LogP contribution in [0.3, 0.4) is 0 Å². The van der Waals surface area contributed by atoms with Gasteiger partial charge in [-0.2, -0.15) is 0 Å². The molecule has 0 amide bonds. The Balaban J connectivity index is 1.96. The zero-order valence-corrected chi connectivity index (χ0v) is 24.1. The van der Waals surface area contributed by atoms with Crippen LogP contribution in [0.15, 0.2) is 29.2 Å². The highest BCUT2D eigenvalue weighted by Crippen LogP contribution is 2.32. The zero-order valence-electron chi connectivity index (χ0n) is 23.3. The van der Waals surface area contributed by atoms with Gasteiger partial charge >= 0.3 is 23.9 Å². The molecule has 1 aliphatic heterocycles. The summed E-state index contributed by atoms with van der Waals surface area (Å²) in [6, 6.07) is 8.11. The molecule has 218 valence electrons. The summed E-state index contributed by atoms with van der Waals surface area (Å²) in [5.74, 6) is -1.63. The number of aryl methyl sites for hydroxylation is 1. The second-order valence-electron chi connectivity index (χ2n) is 9.07.